The summed E-state index contributed by atoms with van der Waals surface area (Å²) in [6.07, 6.45) is 3.12. The van der Waals surface area contributed by atoms with Gasteiger partial charge in [0.1, 0.15) is 5.69 Å². The van der Waals surface area contributed by atoms with Crippen LogP contribution in [0.3, 0.4) is 0 Å². The maximum absolute atomic E-state index is 13.3. The van der Waals surface area contributed by atoms with Crippen LogP contribution in [-0.2, 0) is 0 Å². The van der Waals surface area contributed by atoms with E-state index in [1.807, 2.05) is 22.6 Å². The molecule has 7 heteroatoms. The van der Waals surface area contributed by atoms with E-state index in [0.717, 1.165) is 9.64 Å². The van der Waals surface area contributed by atoms with Gasteiger partial charge in [-0.1, -0.05) is 6.07 Å². The summed E-state index contributed by atoms with van der Waals surface area (Å²) < 4.78 is 15.4. The Hall–Kier alpha value is -1.51. The molecule has 0 saturated heterocycles. The lowest BCUT2D eigenvalue weighted by Crippen LogP contribution is -2.02. The minimum Gasteiger partial charge on any atom is -0.258 e. The fourth-order valence-corrected chi connectivity index (χ4v) is 1.69. The SMILES string of the molecule is O=[N+]([O-])c1c(F)cccc1-n1cc(I)cn1. The van der Waals surface area contributed by atoms with Crippen molar-refractivity contribution in [3.63, 3.8) is 0 Å². The third-order valence-electron chi connectivity index (χ3n) is 1.95. The maximum Gasteiger partial charge on any atom is 0.330 e. The third-order valence-corrected chi connectivity index (χ3v) is 2.50. The molecule has 1 aromatic carbocycles. The van der Waals surface area contributed by atoms with Crippen LogP contribution in [-0.4, -0.2) is 14.7 Å². The number of benzene rings is 1. The van der Waals surface area contributed by atoms with Crippen LogP contribution in [0.5, 0.6) is 0 Å². The second kappa shape index (κ2) is 4.16. The van der Waals surface area contributed by atoms with Gasteiger partial charge in [-0.25, -0.2) is 4.68 Å². The summed E-state index contributed by atoms with van der Waals surface area (Å²) in [4.78, 5) is 9.99. The van der Waals surface area contributed by atoms with Crippen molar-refractivity contribution in [2.45, 2.75) is 0 Å². The zero-order valence-corrected chi connectivity index (χ0v) is 9.96. The second-order valence-electron chi connectivity index (χ2n) is 2.97. The van der Waals surface area contributed by atoms with Gasteiger partial charge >= 0.3 is 5.69 Å². The highest BCUT2D eigenvalue weighted by Crippen LogP contribution is 2.25. The van der Waals surface area contributed by atoms with Crippen molar-refractivity contribution in [3.8, 4) is 5.69 Å². The summed E-state index contributed by atoms with van der Waals surface area (Å²) in [5.41, 5.74) is -0.449. The van der Waals surface area contributed by atoms with Gasteiger partial charge in [0.05, 0.1) is 14.7 Å². The topological polar surface area (TPSA) is 61.0 Å². The zero-order valence-electron chi connectivity index (χ0n) is 7.80. The highest BCUT2D eigenvalue weighted by Gasteiger charge is 2.21. The lowest BCUT2D eigenvalue weighted by atomic mass is 10.2. The maximum atomic E-state index is 13.3. The summed E-state index contributed by atoms with van der Waals surface area (Å²) in [5, 5.41) is 14.7. The Balaban J connectivity index is 2.65. The molecular weight excluding hydrogens is 328 g/mol. The average molecular weight is 333 g/mol. The number of aromatic nitrogens is 2. The predicted molar refractivity (Wildman–Crippen MR) is 62.9 cm³/mol. The smallest absolute Gasteiger partial charge is 0.258 e. The summed E-state index contributed by atoms with van der Waals surface area (Å²) in [7, 11) is 0. The minimum absolute atomic E-state index is 0.118. The highest BCUT2D eigenvalue weighted by molar-refractivity contribution is 14.1. The molecule has 0 spiro atoms. The Morgan fingerprint density at radius 3 is 2.81 bits per heavy atom. The van der Waals surface area contributed by atoms with Gasteiger partial charge in [-0.3, -0.25) is 10.1 Å². The number of hydrogen-bond donors (Lipinski definition) is 0. The number of rotatable bonds is 2. The van der Waals surface area contributed by atoms with Gasteiger partial charge in [0.2, 0.25) is 5.82 Å². The van der Waals surface area contributed by atoms with E-state index in [2.05, 4.69) is 5.10 Å². The van der Waals surface area contributed by atoms with Crippen LogP contribution in [0, 0.1) is 19.5 Å². The van der Waals surface area contributed by atoms with Crippen molar-refractivity contribution >= 4 is 28.3 Å². The fraction of sp³-hybridized carbons (Fsp3) is 0. The third kappa shape index (κ3) is 1.90. The van der Waals surface area contributed by atoms with Gasteiger partial charge in [-0.05, 0) is 34.7 Å². The molecule has 82 valence electrons. The molecule has 1 aromatic heterocycles. The van der Waals surface area contributed by atoms with Gasteiger partial charge in [0, 0.05) is 6.20 Å². The standard InChI is InChI=1S/C9H5FIN3O2/c10-7-2-1-3-8(9(7)14(15)16)13-5-6(11)4-12-13/h1-5H. The Bertz CT molecular complexity index is 555. The normalized spacial score (nSPS) is 10.4. The van der Waals surface area contributed by atoms with Crippen LogP contribution in [0.15, 0.2) is 30.6 Å². The quantitative estimate of drug-likeness (QED) is 0.482. The van der Waals surface area contributed by atoms with E-state index in [4.69, 9.17) is 0 Å². The van der Waals surface area contributed by atoms with E-state index in [0.29, 0.717) is 0 Å². The number of nitro groups is 1. The van der Waals surface area contributed by atoms with Gasteiger partial charge < -0.3 is 0 Å². The first-order valence-corrected chi connectivity index (χ1v) is 5.31. The molecule has 0 bridgehead atoms. The molecule has 16 heavy (non-hydrogen) atoms. The molecule has 0 aliphatic rings. The molecule has 0 radical (unpaired) electrons. The van der Waals surface area contributed by atoms with E-state index in [1.165, 1.54) is 23.0 Å². The zero-order chi connectivity index (χ0) is 11.7. The highest BCUT2D eigenvalue weighted by atomic mass is 127. The van der Waals surface area contributed by atoms with Crippen molar-refractivity contribution in [1.29, 1.82) is 0 Å². The number of para-hydroxylation sites is 1. The molecule has 2 aromatic rings. The van der Waals surface area contributed by atoms with Gasteiger partial charge in [-0.15, -0.1) is 0 Å². The molecule has 2 rings (SSSR count). The monoisotopic (exact) mass is 333 g/mol. The number of hydrogen-bond acceptors (Lipinski definition) is 3. The van der Waals surface area contributed by atoms with Crippen molar-refractivity contribution in [3.05, 3.63) is 50.1 Å². The first-order valence-electron chi connectivity index (χ1n) is 4.23. The molecule has 0 saturated carbocycles. The van der Waals surface area contributed by atoms with E-state index >= 15 is 0 Å². The summed E-state index contributed by atoms with van der Waals surface area (Å²) >= 11 is 2.02. The molecular formula is C9H5FIN3O2. The largest absolute Gasteiger partial charge is 0.330 e. The first-order chi connectivity index (χ1) is 7.59. The van der Waals surface area contributed by atoms with E-state index in [-0.39, 0.29) is 5.69 Å². The second-order valence-corrected chi connectivity index (χ2v) is 4.21. The molecule has 0 N–H and O–H groups in total. The van der Waals surface area contributed by atoms with Crippen molar-refractivity contribution < 1.29 is 9.31 Å². The van der Waals surface area contributed by atoms with E-state index in [1.54, 1.807) is 6.20 Å². The van der Waals surface area contributed by atoms with Crippen LogP contribution < -0.4 is 0 Å². The number of nitrogens with zero attached hydrogens (tertiary/aromatic N) is 3. The molecule has 0 aliphatic carbocycles. The summed E-state index contributed by atoms with van der Waals surface area (Å²) in [6.45, 7) is 0. The lowest BCUT2D eigenvalue weighted by Gasteiger charge is -2.02. The Kier molecular flexibility index (Phi) is 2.86. The van der Waals surface area contributed by atoms with E-state index in [9.17, 15) is 14.5 Å². The Morgan fingerprint density at radius 1 is 1.50 bits per heavy atom. The molecule has 0 atom stereocenters. The van der Waals surface area contributed by atoms with Crippen molar-refractivity contribution in [2.75, 3.05) is 0 Å². The summed E-state index contributed by atoms with van der Waals surface area (Å²) in [5.74, 6) is -0.868. The molecule has 0 fully saturated rings. The molecule has 0 unspecified atom stereocenters. The van der Waals surface area contributed by atoms with Gasteiger partial charge in [-0.2, -0.15) is 9.49 Å². The lowest BCUT2D eigenvalue weighted by molar-refractivity contribution is -0.387. The summed E-state index contributed by atoms with van der Waals surface area (Å²) in [6, 6.07) is 3.91. The van der Waals surface area contributed by atoms with E-state index < -0.39 is 16.4 Å². The molecule has 5 nitrogen and oxygen atoms in total. The van der Waals surface area contributed by atoms with Crippen LogP contribution in [0.1, 0.15) is 0 Å². The number of nitro benzene ring substituents is 1. The number of halogens is 2. The van der Waals surface area contributed by atoms with Crippen LogP contribution >= 0.6 is 22.6 Å². The average Bonchev–Trinajstić information content (AvgIpc) is 2.63. The fourth-order valence-electron chi connectivity index (χ4n) is 1.30. The van der Waals surface area contributed by atoms with Crippen LogP contribution in [0.2, 0.25) is 0 Å². The molecule has 0 aliphatic heterocycles. The van der Waals surface area contributed by atoms with Gasteiger partial charge in [0.15, 0.2) is 0 Å². The Morgan fingerprint density at radius 2 is 2.25 bits per heavy atom. The van der Waals surface area contributed by atoms with Gasteiger partial charge in [0.25, 0.3) is 0 Å². The molecule has 1 heterocycles. The minimum atomic E-state index is -0.868. The Labute approximate surface area is 103 Å². The van der Waals surface area contributed by atoms with Crippen LogP contribution in [0.4, 0.5) is 10.1 Å². The van der Waals surface area contributed by atoms with Crippen molar-refractivity contribution in [2.24, 2.45) is 0 Å². The molecule has 0 amide bonds. The van der Waals surface area contributed by atoms with Crippen LogP contribution in [0.25, 0.3) is 5.69 Å². The predicted octanol–water partition coefficient (Wildman–Crippen LogP) is 2.52. The van der Waals surface area contributed by atoms with Crippen molar-refractivity contribution in [1.82, 2.24) is 9.78 Å². The first kappa shape index (κ1) is 11.0.